The molecule has 2 heterocycles. The largest absolute Gasteiger partial charge is 0.303 e. The Morgan fingerprint density at radius 3 is 2.87 bits per heavy atom. The Morgan fingerprint density at radius 2 is 2.17 bits per heavy atom. The van der Waals surface area contributed by atoms with E-state index >= 15 is 0 Å². The van der Waals surface area contributed by atoms with Crippen molar-refractivity contribution in [2.24, 2.45) is 0 Å². The number of nitrogens with one attached hydrogen (secondary N) is 1. The quantitative estimate of drug-likeness (QED) is 0.711. The first-order valence-corrected chi connectivity index (χ1v) is 8.53. The first kappa shape index (κ1) is 15.9. The molecule has 2 aromatic heterocycles. The van der Waals surface area contributed by atoms with Crippen LogP contribution in [0.2, 0.25) is 0 Å². The summed E-state index contributed by atoms with van der Waals surface area (Å²) in [5.74, 6) is -0.0626. The van der Waals surface area contributed by atoms with Crippen molar-refractivity contribution in [3.63, 3.8) is 0 Å². The van der Waals surface area contributed by atoms with Crippen LogP contribution < -0.4 is 5.32 Å². The van der Waals surface area contributed by atoms with E-state index in [1.54, 1.807) is 29.1 Å². The predicted octanol–water partition coefficient (Wildman–Crippen LogP) is 4.46. The SMILES string of the molecule is Cc1ccsc1C(=O)Nc1nn(Cc2ccccc2F)cc1Br. The van der Waals surface area contributed by atoms with Crippen molar-refractivity contribution in [3.8, 4) is 0 Å². The van der Waals surface area contributed by atoms with Gasteiger partial charge in [-0.25, -0.2) is 4.39 Å². The molecular formula is C16H13BrFN3OS. The molecule has 0 spiro atoms. The van der Waals surface area contributed by atoms with Crippen LogP contribution in [-0.4, -0.2) is 15.7 Å². The topological polar surface area (TPSA) is 46.9 Å². The number of halogens is 2. The average Bonchev–Trinajstić information content (AvgIpc) is 3.08. The number of thiophene rings is 1. The minimum atomic E-state index is -0.279. The molecule has 4 nitrogen and oxygen atoms in total. The number of aryl methyl sites for hydroxylation is 1. The van der Waals surface area contributed by atoms with Crippen LogP contribution in [0.25, 0.3) is 0 Å². The Bertz CT molecular complexity index is 859. The molecule has 7 heteroatoms. The van der Waals surface area contributed by atoms with Crippen LogP contribution in [0, 0.1) is 12.7 Å². The Balaban J connectivity index is 1.78. The van der Waals surface area contributed by atoms with Gasteiger partial charge in [-0.15, -0.1) is 11.3 Å². The van der Waals surface area contributed by atoms with Crippen LogP contribution >= 0.6 is 27.3 Å². The van der Waals surface area contributed by atoms with Crippen LogP contribution in [0.3, 0.4) is 0 Å². The summed E-state index contributed by atoms with van der Waals surface area (Å²) in [5.41, 5.74) is 1.46. The van der Waals surface area contributed by atoms with Crippen molar-refractivity contribution >= 4 is 39.0 Å². The van der Waals surface area contributed by atoms with E-state index in [9.17, 15) is 9.18 Å². The minimum Gasteiger partial charge on any atom is -0.303 e. The van der Waals surface area contributed by atoms with Crippen LogP contribution in [0.15, 0.2) is 46.4 Å². The number of anilines is 1. The molecule has 0 aliphatic carbocycles. The number of hydrogen-bond acceptors (Lipinski definition) is 3. The summed E-state index contributed by atoms with van der Waals surface area (Å²) in [5, 5.41) is 8.95. The average molecular weight is 394 g/mol. The van der Waals surface area contributed by atoms with E-state index in [0.717, 1.165) is 5.56 Å². The second-order valence-electron chi connectivity index (χ2n) is 5.00. The number of carbonyl (C=O) groups is 1. The van der Waals surface area contributed by atoms with Gasteiger partial charge in [0.1, 0.15) is 5.82 Å². The highest BCUT2D eigenvalue weighted by Gasteiger charge is 2.15. The van der Waals surface area contributed by atoms with Crippen LogP contribution in [0.4, 0.5) is 10.2 Å². The van der Waals surface area contributed by atoms with Gasteiger partial charge in [0.15, 0.2) is 5.82 Å². The number of amides is 1. The molecule has 0 aliphatic heterocycles. The third-order valence-corrected chi connectivity index (χ3v) is 4.90. The van der Waals surface area contributed by atoms with Crippen molar-refractivity contribution in [1.29, 1.82) is 0 Å². The van der Waals surface area contributed by atoms with Gasteiger partial charge in [-0.1, -0.05) is 18.2 Å². The first-order chi connectivity index (χ1) is 11.0. The summed E-state index contributed by atoms with van der Waals surface area (Å²) in [6.45, 7) is 2.18. The third-order valence-electron chi connectivity index (χ3n) is 3.31. The van der Waals surface area contributed by atoms with E-state index in [-0.39, 0.29) is 11.7 Å². The van der Waals surface area contributed by atoms with Crippen molar-refractivity contribution < 1.29 is 9.18 Å². The first-order valence-electron chi connectivity index (χ1n) is 6.86. The molecule has 0 saturated heterocycles. The lowest BCUT2D eigenvalue weighted by molar-refractivity contribution is 0.102. The van der Waals surface area contributed by atoms with E-state index in [1.165, 1.54) is 17.4 Å². The van der Waals surface area contributed by atoms with Crippen LogP contribution in [-0.2, 0) is 6.54 Å². The lowest BCUT2D eigenvalue weighted by Gasteiger charge is -2.03. The fourth-order valence-electron chi connectivity index (χ4n) is 2.13. The van der Waals surface area contributed by atoms with Gasteiger partial charge in [-0.3, -0.25) is 9.48 Å². The van der Waals surface area contributed by atoms with Gasteiger partial charge >= 0.3 is 0 Å². The predicted molar refractivity (Wildman–Crippen MR) is 92.4 cm³/mol. The second-order valence-corrected chi connectivity index (χ2v) is 6.77. The summed E-state index contributed by atoms with van der Waals surface area (Å²) in [7, 11) is 0. The number of hydrogen-bond donors (Lipinski definition) is 1. The van der Waals surface area contributed by atoms with Crippen molar-refractivity contribution in [3.05, 3.63) is 68.2 Å². The fourth-order valence-corrected chi connectivity index (χ4v) is 3.37. The summed E-state index contributed by atoms with van der Waals surface area (Å²) in [4.78, 5) is 12.9. The third kappa shape index (κ3) is 3.51. The van der Waals surface area contributed by atoms with Crippen molar-refractivity contribution in [1.82, 2.24) is 9.78 Å². The standard InChI is InChI=1S/C16H13BrFN3OS/c1-10-6-7-23-14(10)16(22)19-15-12(17)9-21(20-15)8-11-4-2-3-5-13(11)18/h2-7,9H,8H2,1H3,(H,19,20,22). The normalized spacial score (nSPS) is 10.7. The molecule has 3 aromatic rings. The maximum absolute atomic E-state index is 13.7. The molecule has 0 radical (unpaired) electrons. The Kier molecular flexibility index (Phi) is 4.58. The minimum absolute atomic E-state index is 0.200. The van der Waals surface area contributed by atoms with Gasteiger partial charge in [-0.05, 0) is 45.9 Å². The van der Waals surface area contributed by atoms with Gasteiger partial charge in [0.05, 0.1) is 15.9 Å². The lowest BCUT2D eigenvalue weighted by atomic mass is 10.2. The molecule has 0 fully saturated rings. The van der Waals surface area contributed by atoms with Gasteiger partial charge in [0, 0.05) is 11.8 Å². The van der Waals surface area contributed by atoms with Gasteiger partial charge in [0.25, 0.3) is 5.91 Å². The van der Waals surface area contributed by atoms with Gasteiger partial charge in [0.2, 0.25) is 0 Å². The zero-order valence-electron chi connectivity index (χ0n) is 12.2. The monoisotopic (exact) mass is 393 g/mol. The summed E-state index contributed by atoms with van der Waals surface area (Å²) in [6.07, 6.45) is 1.71. The summed E-state index contributed by atoms with van der Waals surface area (Å²) < 4.78 is 15.9. The highest BCUT2D eigenvalue weighted by molar-refractivity contribution is 9.10. The number of benzene rings is 1. The Hall–Kier alpha value is -1.99. The number of rotatable bonds is 4. The Labute approximate surface area is 145 Å². The molecule has 3 rings (SSSR count). The van der Waals surface area contributed by atoms with Crippen LogP contribution in [0.1, 0.15) is 20.8 Å². The van der Waals surface area contributed by atoms with Gasteiger partial charge < -0.3 is 5.32 Å². The van der Waals surface area contributed by atoms with E-state index in [4.69, 9.17) is 0 Å². The maximum atomic E-state index is 13.7. The highest BCUT2D eigenvalue weighted by Crippen LogP contribution is 2.23. The molecule has 23 heavy (non-hydrogen) atoms. The molecule has 0 saturated carbocycles. The smallest absolute Gasteiger partial charge is 0.267 e. The second kappa shape index (κ2) is 6.64. The fraction of sp³-hybridized carbons (Fsp3) is 0.125. The molecule has 118 valence electrons. The molecule has 1 amide bonds. The number of aromatic nitrogens is 2. The number of nitrogens with zero attached hydrogens (tertiary/aromatic N) is 2. The van der Waals surface area contributed by atoms with E-state index in [0.29, 0.717) is 27.3 Å². The molecule has 0 aliphatic rings. The van der Waals surface area contributed by atoms with E-state index in [2.05, 4.69) is 26.3 Å². The molecule has 1 aromatic carbocycles. The maximum Gasteiger partial charge on any atom is 0.267 e. The highest BCUT2D eigenvalue weighted by atomic mass is 79.9. The van der Waals surface area contributed by atoms with Crippen molar-refractivity contribution in [2.45, 2.75) is 13.5 Å². The van der Waals surface area contributed by atoms with Crippen molar-refractivity contribution in [2.75, 3.05) is 5.32 Å². The lowest BCUT2D eigenvalue weighted by Crippen LogP contribution is -2.12. The molecular weight excluding hydrogens is 381 g/mol. The number of carbonyl (C=O) groups excluding carboxylic acids is 1. The van der Waals surface area contributed by atoms with E-state index < -0.39 is 0 Å². The Morgan fingerprint density at radius 1 is 1.39 bits per heavy atom. The molecule has 0 atom stereocenters. The molecule has 0 bridgehead atoms. The molecule has 0 unspecified atom stereocenters. The summed E-state index contributed by atoms with van der Waals surface area (Å²) >= 11 is 4.75. The van der Waals surface area contributed by atoms with Gasteiger partial charge in [-0.2, -0.15) is 5.10 Å². The molecule has 1 N–H and O–H groups in total. The van der Waals surface area contributed by atoms with E-state index in [1.807, 2.05) is 18.4 Å². The van der Waals surface area contributed by atoms with Crippen LogP contribution in [0.5, 0.6) is 0 Å². The summed E-state index contributed by atoms with van der Waals surface area (Å²) in [6, 6.07) is 8.44. The zero-order chi connectivity index (χ0) is 16.4. The zero-order valence-corrected chi connectivity index (χ0v) is 14.6.